The lowest BCUT2D eigenvalue weighted by molar-refractivity contribution is -0.114. The van der Waals surface area contributed by atoms with Gasteiger partial charge >= 0.3 is 5.63 Å². The molecule has 4 aromatic rings. The molecule has 0 fully saturated rings. The molecule has 130 valence electrons. The molecular weight excluding hydrogens is 350 g/mol. The van der Waals surface area contributed by atoms with E-state index in [1.807, 2.05) is 41.1 Å². The summed E-state index contributed by atoms with van der Waals surface area (Å²) in [6, 6.07) is 12.7. The Labute approximate surface area is 152 Å². The second kappa shape index (κ2) is 6.68. The number of hydrogen-bond donors (Lipinski definition) is 1. The van der Waals surface area contributed by atoms with Gasteiger partial charge in [-0.15, -0.1) is 0 Å². The maximum absolute atomic E-state index is 11.9. The van der Waals surface area contributed by atoms with Crippen molar-refractivity contribution < 1.29 is 9.21 Å². The molecule has 0 atom stereocenters. The largest absolute Gasteiger partial charge is 0.423 e. The first-order chi connectivity index (χ1) is 12.6. The molecule has 1 N–H and O–H groups in total. The molecule has 0 radical (unpaired) electrons. The third kappa shape index (κ3) is 3.21. The Morgan fingerprint density at radius 2 is 2.15 bits per heavy atom. The van der Waals surface area contributed by atoms with Crippen molar-refractivity contribution in [2.75, 3.05) is 5.32 Å². The molecule has 0 aliphatic heterocycles. The number of thioether (sulfide) groups is 1. The van der Waals surface area contributed by atoms with E-state index >= 15 is 0 Å². The van der Waals surface area contributed by atoms with Crippen LogP contribution in [0.25, 0.3) is 16.5 Å². The number of hydrogen-bond acceptors (Lipinski definition) is 5. The Hall–Kier alpha value is -3.06. The zero-order chi connectivity index (χ0) is 18.1. The minimum Gasteiger partial charge on any atom is -0.423 e. The maximum Gasteiger partial charge on any atom is 0.336 e. The highest BCUT2D eigenvalue weighted by Crippen LogP contribution is 2.27. The van der Waals surface area contributed by atoms with E-state index in [0.29, 0.717) is 17.0 Å². The van der Waals surface area contributed by atoms with Crippen molar-refractivity contribution in [3.05, 3.63) is 70.8 Å². The average Bonchev–Trinajstić information content (AvgIpc) is 3.02. The van der Waals surface area contributed by atoms with Crippen LogP contribution in [0.5, 0.6) is 0 Å². The Morgan fingerprint density at radius 1 is 1.27 bits per heavy atom. The van der Waals surface area contributed by atoms with Crippen LogP contribution >= 0.6 is 11.8 Å². The molecule has 3 aromatic heterocycles. The van der Waals surface area contributed by atoms with Crippen molar-refractivity contribution in [2.45, 2.75) is 17.8 Å². The number of anilines is 1. The first-order valence-electron chi connectivity index (χ1n) is 7.99. The average molecular weight is 365 g/mol. The fourth-order valence-corrected chi connectivity index (χ4v) is 3.75. The van der Waals surface area contributed by atoms with Gasteiger partial charge in [0.05, 0.1) is 11.7 Å². The summed E-state index contributed by atoms with van der Waals surface area (Å²) in [5.74, 6) is 0.403. The van der Waals surface area contributed by atoms with E-state index in [1.165, 1.54) is 13.0 Å². The summed E-state index contributed by atoms with van der Waals surface area (Å²) in [5, 5.41) is 4.39. The van der Waals surface area contributed by atoms with Crippen molar-refractivity contribution in [3.8, 4) is 0 Å². The van der Waals surface area contributed by atoms with E-state index in [0.717, 1.165) is 21.6 Å². The number of nitrogens with one attached hydrogen (secondary N) is 1. The normalized spacial score (nSPS) is 11.1. The fraction of sp³-hybridized carbons (Fsp3) is 0.105. The van der Waals surface area contributed by atoms with Crippen LogP contribution in [0, 0.1) is 0 Å². The molecule has 0 spiro atoms. The lowest BCUT2D eigenvalue weighted by Crippen LogP contribution is -2.06. The van der Waals surface area contributed by atoms with Crippen LogP contribution in [0.1, 0.15) is 12.5 Å². The van der Waals surface area contributed by atoms with E-state index in [4.69, 9.17) is 4.42 Å². The van der Waals surface area contributed by atoms with E-state index in [9.17, 15) is 9.59 Å². The molecule has 0 bridgehead atoms. The SMILES string of the molecule is CC(=O)Nc1ccc2c(CSc3ncc4ccccn34)cc(=O)oc2c1. The predicted molar refractivity (Wildman–Crippen MR) is 102 cm³/mol. The summed E-state index contributed by atoms with van der Waals surface area (Å²) in [6.45, 7) is 1.43. The third-order valence-corrected chi connectivity index (χ3v) is 4.93. The first-order valence-corrected chi connectivity index (χ1v) is 8.98. The topological polar surface area (TPSA) is 76.6 Å². The van der Waals surface area contributed by atoms with Crippen LogP contribution in [0.15, 0.2) is 69.2 Å². The number of amides is 1. The van der Waals surface area contributed by atoms with Gasteiger partial charge in [0.15, 0.2) is 5.16 Å². The Bertz CT molecular complexity index is 1180. The second-order valence-electron chi connectivity index (χ2n) is 5.81. The van der Waals surface area contributed by atoms with Crippen LogP contribution in [-0.2, 0) is 10.5 Å². The molecular formula is C19H15N3O3S. The molecule has 6 nitrogen and oxygen atoms in total. The Kier molecular flexibility index (Phi) is 4.22. The van der Waals surface area contributed by atoms with Gasteiger partial charge in [-0.2, -0.15) is 0 Å². The molecule has 0 saturated carbocycles. The lowest BCUT2D eigenvalue weighted by atomic mass is 10.1. The quantitative estimate of drug-likeness (QED) is 0.441. The molecule has 26 heavy (non-hydrogen) atoms. The number of nitrogens with zero attached hydrogens (tertiary/aromatic N) is 2. The smallest absolute Gasteiger partial charge is 0.336 e. The number of pyridine rings is 1. The summed E-state index contributed by atoms with van der Waals surface area (Å²) in [5.41, 5.74) is 2.52. The molecule has 0 aliphatic rings. The number of fused-ring (bicyclic) bond motifs is 2. The highest BCUT2D eigenvalue weighted by molar-refractivity contribution is 7.98. The summed E-state index contributed by atoms with van der Waals surface area (Å²) >= 11 is 1.55. The van der Waals surface area contributed by atoms with Gasteiger partial charge in [-0.1, -0.05) is 17.8 Å². The van der Waals surface area contributed by atoms with Gasteiger partial charge in [0.25, 0.3) is 0 Å². The zero-order valence-electron chi connectivity index (χ0n) is 13.9. The fourth-order valence-electron chi connectivity index (χ4n) is 2.80. The van der Waals surface area contributed by atoms with Crippen LogP contribution in [0.2, 0.25) is 0 Å². The summed E-state index contributed by atoms with van der Waals surface area (Å²) in [7, 11) is 0. The predicted octanol–water partition coefficient (Wildman–Crippen LogP) is 3.69. The summed E-state index contributed by atoms with van der Waals surface area (Å²) < 4.78 is 7.30. The van der Waals surface area contributed by atoms with Gasteiger partial charge in [0.1, 0.15) is 5.58 Å². The van der Waals surface area contributed by atoms with E-state index in [2.05, 4.69) is 10.3 Å². The number of rotatable bonds is 4. The lowest BCUT2D eigenvalue weighted by Gasteiger charge is -2.07. The molecule has 0 unspecified atom stereocenters. The summed E-state index contributed by atoms with van der Waals surface area (Å²) in [6.07, 6.45) is 3.78. The van der Waals surface area contributed by atoms with Crippen molar-refractivity contribution in [3.63, 3.8) is 0 Å². The van der Waals surface area contributed by atoms with Crippen LogP contribution in [0.4, 0.5) is 5.69 Å². The standard InChI is InChI=1S/C19H15N3O3S/c1-12(23)21-14-5-6-16-13(8-18(24)25-17(16)9-14)11-26-19-20-10-15-4-2-3-7-22(15)19/h2-10H,11H2,1H3,(H,21,23). The highest BCUT2D eigenvalue weighted by atomic mass is 32.2. The number of aromatic nitrogens is 2. The first kappa shape index (κ1) is 16.4. The van der Waals surface area contributed by atoms with Gasteiger partial charge in [-0.3, -0.25) is 9.20 Å². The summed E-state index contributed by atoms with van der Waals surface area (Å²) in [4.78, 5) is 27.6. The molecule has 0 saturated heterocycles. The zero-order valence-corrected chi connectivity index (χ0v) is 14.7. The molecule has 1 amide bonds. The highest BCUT2D eigenvalue weighted by Gasteiger charge is 2.10. The number of carbonyl (C=O) groups excluding carboxylic acids is 1. The van der Waals surface area contributed by atoms with Crippen molar-refractivity contribution in [1.29, 1.82) is 0 Å². The van der Waals surface area contributed by atoms with Crippen molar-refractivity contribution >= 4 is 39.8 Å². The van der Waals surface area contributed by atoms with Gasteiger partial charge in [-0.05, 0) is 29.8 Å². The van der Waals surface area contributed by atoms with Gasteiger partial charge < -0.3 is 9.73 Å². The van der Waals surface area contributed by atoms with E-state index in [1.54, 1.807) is 23.9 Å². The molecule has 0 aliphatic carbocycles. The molecule has 7 heteroatoms. The van der Waals surface area contributed by atoms with Crippen LogP contribution in [0.3, 0.4) is 0 Å². The van der Waals surface area contributed by atoms with Gasteiger partial charge in [-0.25, -0.2) is 9.78 Å². The third-order valence-electron chi connectivity index (χ3n) is 3.91. The Balaban J connectivity index is 1.67. The van der Waals surface area contributed by atoms with E-state index < -0.39 is 5.63 Å². The number of carbonyl (C=O) groups is 1. The maximum atomic E-state index is 11.9. The van der Waals surface area contributed by atoms with Crippen molar-refractivity contribution in [1.82, 2.24) is 9.38 Å². The van der Waals surface area contributed by atoms with Crippen LogP contribution in [-0.4, -0.2) is 15.3 Å². The minimum atomic E-state index is -0.416. The number of imidazole rings is 1. The van der Waals surface area contributed by atoms with Gasteiger partial charge in [0.2, 0.25) is 5.91 Å². The molecule has 3 heterocycles. The number of benzene rings is 1. The minimum absolute atomic E-state index is 0.176. The Morgan fingerprint density at radius 3 is 3.00 bits per heavy atom. The molecule has 4 rings (SSSR count). The van der Waals surface area contributed by atoms with Crippen LogP contribution < -0.4 is 10.9 Å². The van der Waals surface area contributed by atoms with Crippen molar-refractivity contribution in [2.24, 2.45) is 0 Å². The van der Waals surface area contributed by atoms with Gasteiger partial charge in [0, 0.05) is 42.1 Å². The second-order valence-corrected chi connectivity index (χ2v) is 6.75. The monoisotopic (exact) mass is 365 g/mol. The van der Waals surface area contributed by atoms with E-state index in [-0.39, 0.29) is 5.91 Å². The molecule has 1 aromatic carbocycles.